The molecule has 0 aromatic heterocycles. The minimum atomic E-state index is -0.159. The molecule has 1 aliphatic heterocycles. The number of hydrogen-bond acceptors (Lipinski definition) is 4. The normalized spacial score (nSPS) is 37.4. The molecular formula is C16H27ClN2O3. The number of methoxy groups -OCH3 is 1. The smallest absolute Gasteiger partial charge is 0.308 e. The number of nitrogens with zero attached hydrogens (tertiary/aromatic N) is 1. The summed E-state index contributed by atoms with van der Waals surface area (Å²) in [5.74, 6) is 1.08. The predicted octanol–water partition coefficient (Wildman–Crippen LogP) is 1.58. The van der Waals surface area contributed by atoms with Crippen LogP contribution < -0.4 is 5.73 Å². The van der Waals surface area contributed by atoms with Gasteiger partial charge in [-0.2, -0.15) is 0 Å². The van der Waals surface area contributed by atoms with Crippen molar-refractivity contribution in [3.63, 3.8) is 0 Å². The Morgan fingerprint density at radius 2 is 1.82 bits per heavy atom. The zero-order valence-electron chi connectivity index (χ0n) is 13.2. The van der Waals surface area contributed by atoms with Crippen LogP contribution in [0.2, 0.25) is 0 Å². The number of fused-ring (bicyclic) bond motifs is 1. The number of hydrogen-bond donors (Lipinski definition) is 1. The molecule has 1 saturated heterocycles. The maximum atomic E-state index is 12.7. The van der Waals surface area contributed by atoms with Crippen molar-refractivity contribution in [1.29, 1.82) is 0 Å². The summed E-state index contributed by atoms with van der Waals surface area (Å²) in [6.45, 7) is 1.70. The molecule has 3 aliphatic rings. The fourth-order valence-corrected chi connectivity index (χ4v) is 4.54. The minimum absolute atomic E-state index is 0. The summed E-state index contributed by atoms with van der Waals surface area (Å²) >= 11 is 0. The van der Waals surface area contributed by atoms with Crippen LogP contribution >= 0.6 is 12.4 Å². The number of esters is 1. The van der Waals surface area contributed by atoms with Crippen LogP contribution in [0.15, 0.2) is 0 Å². The van der Waals surface area contributed by atoms with Gasteiger partial charge < -0.3 is 15.4 Å². The van der Waals surface area contributed by atoms with Crippen molar-refractivity contribution in [2.75, 3.05) is 20.2 Å². The Morgan fingerprint density at radius 1 is 1.09 bits per heavy atom. The highest BCUT2D eigenvalue weighted by Crippen LogP contribution is 2.39. The average molecular weight is 331 g/mol. The van der Waals surface area contributed by atoms with Crippen LogP contribution in [0.4, 0.5) is 0 Å². The summed E-state index contributed by atoms with van der Waals surface area (Å²) in [6.07, 6.45) is 5.62. The molecule has 1 heterocycles. The highest BCUT2D eigenvalue weighted by atomic mass is 35.5. The third kappa shape index (κ3) is 3.25. The van der Waals surface area contributed by atoms with Gasteiger partial charge in [0.1, 0.15) is 0 Å². The molecule has 5 nitrogen and oxygen atoms in total. The minimum Gasteiger partial charge on any atom is -0.469 e. The Balaban J connectivity index is 0.00000176. The zero-order valence-corrected chi connectivity index (χ0v) is 14.0. The molecule has 0 radical (unpaired) electrons. The number of carbonyl (C=O) groups excluding carboxylic acids is 2. The summed E-state index contributed by atoms with van der Waals surface area (Å²) in [5, 5.41) is 0. The Labute approximate surface area is 138 Å². The first-order valence-corrected chi connectivity index (χ1v) is 8.22. The Kier molecular flexibility index (Phi) is 5.72. The number of amides is 1. The molecule has 3 rings (SSSR count). The molecule has 1 amide bonds. The van der Waals surface area contributed by atoms with Gasteiger partial charge in [0, 0.05) is 25.0 Å². The molecule has 0 aromatic rings. The highest BCUT2D eigenvalue weighted by molar-refractivity contribution is 5.85. The highest BCUT2D eigenvalue weighted by Gasteiger charge is 2.44. The quantitative estimate of drug-likeness (QED) is 0.780. The van der Waals surface area contributed by atoms with Gasteiger partial charge >= 0.3 is 5.97 Å². The van der Waals surface area contributed by atoms with Crippen molar-refractivity contribution in [2.24, 2.45) is 29.4 Å². The van der Waals surface area contributed by atoms with E-state index in [-0.39, 0.29) is 42.2 Å². The molecule has 5 unspecified atom stereocenters. The molecule has 2 aliphatic carbocycles. The van der Waals surface area contributed by atoms with Crippen LogP contribution in [-0.4, -0.2) is 43.0 Å². The van der Waals surface area contributed by atoms with Gasteiger partial charge in [-0.05, 0) is 43.9 Å². The van der Waals surface area contributed by atoms with E-state index in [1.54, 1.807) is 0 Å². The summed E-state index contributed by atoms with van der Waals surface area (Å²) in [5.41, 5.74) is 6.14. The van der Waals surface area contributed by atoms with Crippen molar-refractivity contribution in [3.8, 4) is 0 Å². The first-order valence-electron chi connectivity index (χ1n) is 8.22. The molecule has 2 saturated carbocycles. The van der Waals surface area contributed by atoms with Crippen LogP contribution in [0.25, 0.3) is 0 Å². The van der Waals surface area contributed by atoms with Gasteiger partial charge in [0.15, 0.2) is 0 Å². The summed E-state index contributed by atoms with van der Waals surface area (Å²) < 4.78 is 4.84. The second-order valence-electron chi connectivity index (χ2n) is 6.99. The van der Waals surface area contributed by atoms with Crippen LogP contribution in [-0.2, 0) is 14.3 Å². The Bertz CT molecular complexity index is 432. The van der Waals surface area contributed by atoms with Crippen molar-refractivity contribution < 1.29 is 14.3 Å². The first-order chi connectivity index (χ1) is 10.1. The topological polar surface area (TPSA) is 72.6 Å². The van der Waals surface area contributed by atoms with Gasteiger partial charge in [-0.15, -0.1) is 12.4 Å². The third-order valence-corrected chi connectivity index (χ3v) is 5.78. The number of carbonyl (C=O) groups is 2. The van der Waals surface area contributed by atoms with Crippen molar-refractivity contribution in [2.45, 2.75) is 44.6 Å². The number of halogens is 1. The van der Waals surface area contributed by atoms with E-state index in [2.05, 4.69) is 0 Å². The SMILES string of the molecule is COC(=O)C1CCCC(C(=O)N2CC3CCC(N)C3C2)C1.Cl. The van der Waals surface area contributed by atoms with E-state index < -0.39 is 0 Å². The number of rotatable bonds is 2. The molecule has 0 spiro atoms. The molecule has 2 N–H and O–H groups in total. The molecule has 22 heavy (non-hydrogen) atoms. The van der Waals surface area contributed by atoms with Gasteiger partial charge in [-0.3, -0.25) is 9.59 Å². The number of nitrogens with two attached hydrogens (primary N) is 1. The van der Waals surface area contributed by atoms with Crippen LogP contribution in [0.1, 0.15) is 38.5 Å². The average Bonchev–Trinajstić information content (AvgIpc) is 3.08. The number of likely N-dealkylation sites (tertiary alicyclic amines) is 1. The van der Waals surface area contributed by atoms with E-state index in [4.69, 9.17) is 10.5 Å². The van der Waals surface area contributed by atoms with Crippen LogP contribution in [0, 0.1) is 23.7 Å². The molecular weight excluding hydrogens is 304 g/mol. The number of ether oxygens (including phenoxy) is 1. The van der Waals surface area contributed by atoms with Gasteiger partial charge in [0.2, 0.25) is 5.91 Å². The summed E-state index contributed by atoms with van der Waals surface area (Å²) in [6, 6.07) is 0.266. The maximum absolute atomic E-state index is 12.7. The fourth-order valence-electron chi connectivity index (χ4n) is 4.54. The van der Waals surface area contributed by atoms with Gasteiger partial charge in [-0.1, -0.05) is 6.42 Å². The second kappa shape index (κ2) is 7.18. The lowest BCUT2D eigenvalue weighted by atomic mass is 9.80. The van der Waals surface area contributed by atoms with Gasteiger partial charge in [0.25, 0.3) is 0 Å². The zero-order chi connectivity index (χ0) is 15.0. The third-order valence-electron chi connectivity index (χ3n) is 5.78. The van der Waals surface area contributed by atoms with Crippen molar-refractivity contribution in [1.82, 2.24) is 4.90 Å². The first kappa shape index (κ1) is 17.5. The van der Waals surface area contributed by atoms with E-state index in [1.165, 1.54) is 7.11 Å². The monoisotopic (exact) mass is 330 g/mol. The fraction of sp³-hybridized carbons (Fsp3) is 0.875. The Morgan fingerprint density at radius 3 is 2.50 bits per heavy atom. The van der Waals surface area contributed by atoms with Crippen molar-refractivity contribution in [3.05, 3.63) is 0 Å². The van der Waals surface area contributed by atoms with E-state index >= 15 is 0 Å². The second-order valence-corrected chi connectivity index (χ2v) is 6.99. The molecule has 3 fully saturated rings. The molecule has 126 valence electrons. The summed E-state index contributed by atoms with van der Waals surface area (Å²) in [7, 11) is 1.43. The van der Waals surface area contributed by atoms with E-state index in [0.717, 1.165) is 45.2 Å². The Hall–Kier alpha value is -0.810. The largest absolute Gasteiger partial charge is 0.469 e. The van der Waals surface area contributed by atoms with E-state index in [1.807, 2.05) is 4.90 Å². The van der Waals surface area contributed by atoms with Crippen LogP contribution in [0.5, 0.6) is 0 Å². The van der Waals surface area contributed by atoms with Crippen molar-refractivity contribution >= 4 is 24.3 Å². The molecule has 0 bridgehead atoms. The lowest BCUT2D eigenvalue weighted by Crippen LogP contribution is -2.39. The van der Waals surface area contributed by atoms with E-state index in [0.29, 0.717) is 18.3 Å². The molecule has 6 heteroatoms. The molecule has 5 atom stereocenters. The summed E-state index contributed by atoms with van der Waals surface area (Å²) in [4.78, 5) is 26.4. The van der Waals surface area contributed by atoms with E-state index in [9.17, 15) is 9.59 Å². The van der Waals surface area contributed by atoms with Gasteiger partial charge in [0.05, 0.1) is 13.0 Å². The predicted molar refractivity (Wildman–Crippen MR) is 85.5 cm³/mol. The van der Waals surface area contributed by atoms with Gasteiger partial charge in [-0.25, -0.2) is 0 Å². The lowest BCUT2D eigenvalue weighted by molar-refractivity contribution is -0.148. The standard InChI is InChI=1S/C16H26N2O3.ClH/c1-21-16(20)11-4-2-3-10(7-11)15(19)18-8-12-5-6-14(17)13(12)9-18;/h10-14H,2-9,17H2,1H3;1H. The molecule has 0 aromatic carbocycles. The van der Waals surface area contributed by atoms with Crippen LogP contribution in [0.3, 0.4) is 0 Å². The maximum Gasteiger partial charge on any atom is 0.308 e. The lowest BCUT2D eigenvalue weighted by Gasteiger charge is -2.30.